The maximum absolute atomic E-state index is 12.4. The molecule has 1 heterocycles. The number of piperidine rings is 1. The maximum atomic E-state index is 12.4. The second-order valence-electron chi connectivity index (χ2n) is 6.16. The highest BCUT2D eigenvalue weighted by Crippen LogP contribution is 2.23. The number of carbonyl (C=O) groups excluding carboxylic acids is 2. The van der Waals surface area contributed by atoms with Gasteiger partial charge in [-0.25, -0.2) is 4.79 Å². The second-order valence-corrected chi connectivity index (χ2v) is 6.16. The van der Waals surface area contributed by atoms with Crippen molar-refractivity contribution in [3.05, 3.63) is 23.8 Å². The van der Waals surface area contributed by atoms with Crippen molar-refractivity contribution < 1.29 is 23.8 Å². The standard InChI is InChI=1S/C18H25NO5/c1-12-5-7-19(8-6-12)17(20)13(2)24-18(21)14-9-15(22-3)11-16(10-14)23-4/h9-13H,5-8H2,1-4H3/t13-/m0/s1. The van der Waals surface area contributed by atoms with E-state index in [9.17, 15) is 9.59 Å². The highest BCUT2D eigenvalue weighted by atomic mass is 16.5. The third-order valence-corrected chi connectivity index (χ3v) is 4.31. The van der Waals surface area contributed by atoms with Crippen LogP contribution in [-0.4, -0.2) is 50.2 Å². The quantitative estimate of drug-likeness (QED) is 0.774. The van der Waals surface area contributed by atoms with E-state index in [2.05, 4.69) is 6.92 Å². The minimum Gasteiger partial charge on any atom is -0.497 e. The van der Waals surface area contributed by atoms with Crippen LogP contribution in [0.1, 0.15) is 37.0 Å². The first-order chi connectivity index (χ1) is 11.4. The molecule has 24 heavy (non-hydrogen) atoms. The molecule has 0 bridgehead atoms. The molecule has 1 aromatic carbocycles. The Kier molecular flexibility index (Phi) is 6.06. The van der Waals surface area contributed by atoms with E-state index < -0.39 is 12.1 Å². The lowest BCUT2D eigenvalue weighted by molar-refractivity contribution is -0.141. The number of nitrogens with zero attached hydrogens (tertiary/aromatic N) is 1. The van der Waals surface area contributed by atoms with Crippen LogP contribution in [0.4, 0.5) is 0 Å². The molecule has 1 aromatic rings. The summed E-state index contributed by atoms with van der Waals surface area (Å²) in [5, 5.41) is 0. The number of ether oxygens (including phenoxy) is 3. The third-order valence-electron chi connectivity index (χ3n) is 4.31. The summed E-state index contributed by atoms with van der Waals surface area (Å²) in [6.07, 6.45) is 1.15. The van der Waals surface area contributed by atoms with Gasteiger partial charge in [-0.1, -0.05) is 6.92 Å². The Morgan fingerprint density at radius 1 is 1.08 bits per heavy atom. The Hall–Kier alpha value is -2.24. The molecule has 0 N–H and O–H groups in total. The van der Waals surface area contributed by atoms with Crippen molar-refractivity contribution in [2.45, 2.75) is 32.8 Å². The van der Waals surface area contributed by atoms with Crippen LogP contribution in [0.3, 0.4) is 0 Å². The number of esters is 1. The molecule has 0 aliphatic carbocycles. The second kappa shape index (κ2) is 8.04. The van der Waals surface area contributed by atoms with Crippen LogP contribution in [0.15, 0.2) is 18.2 Å². The Morgan fingerprint density at radius 2 is 1.62 bits per heavy atom. The molecule has 0 saturated carbocycles. The van der Waals surface area contributed by atoms with Gasteiger partial charge in [-0.05, 0) is 37.8 Å². The predicted molar refractivity (Wildman–Crippen MR) is 89.4 cm³/mol. The van der Waals surface area contributed by atoms with Gasteiger partial charge in [0.15, 0.2) is 6.10 Å². The van der Waals surface area contributed by atoms with Crippen molar-refractivity contribution in [1.29, 1.82) is 0 Å². The van der Waals surface area contributed by atoms with Crippen LogP contribution in [0.25, 0.3) is 0 Å². The highest BCUT2D eigenvalue weighted by molar-refractivity contribution is 5.93. The first kappa shape index (κ1) is 18.1. The van der Waals surface area contributed by atoms with Crippen LogP contribution in [0.2, 0.25) is 0 Å². The molecule has 1 aliphatic heterocycles. The van der Waals surface area contributed by atoms with Gasteiger partial charge in [0, 0.05) is 19.2 Å². The molecule has 1 saturated heterocycles. The van der Waals surface area contributed by atoms with Gasteiger partial charge in [-0.15, -0.1) is 0 Å². The summed E-state index contributed by atoms with van der Waals surface area (Å²) in [6.45, 7) is 5.22. The van der Waals surface area contributed by atoms with Crippen LogP contribution >= 0.6 is 0 Å². The zero-order valence-electron chi connectivity index (χ0n) is 14.7. The van der Waals surface area contributed by atoms with Gasteiger partial charge in [0.2, 0.25) is 0 Å². The Morgan fingerprint density at radius 3 is 2.12 bits per heavy atom. The van der Waals surface area contributed by atoms with Crippen LogP contribution in [-0.2, 0) is 9.53 Å². The van der Waals surface area contributed by atoms with E-state index in [1.807, 2.05) is 0 Å². The SMILES string of the molecule is COc1cc(OC)cc(C(=O)O[C@@H](C)C(=O)N2CCC(C)CC2)c1. The Labute approximate surface area is 142 Å². The van der Waals surface area contributed by atoms with Crippen LogP contribution < -0.4 is 9.47 Å². The molecule has 132 valence electrons. The van der Waals surface area contributed by atoms with E-state index in [-0.39, 0.29) is 11.5 Å². The molecule has 0 radical (unpaired) electrons. The average molecular weight is 335 g/mol. The smallest absolute Gasteiger partial charge is 0.339 e. The fraction of sp³-hybridized carbons (Fsp3) is 0.556. The molecule has 1 amide bonds. The highest BCUT2D eigenvalue weighted by Gasteiger charge is 2.27. The first-order valence-electron chi connectivity index (χ1n) is 8.17. The van der Waals surface area contributed by atoms with Crippen molar-refractivity contribution >= 4 is 11.9 Å². The van der Waals surface area contributed by atoms with E-state index in [1.165, 1.54) is 14.2 Å². The molecular formula is C18H25NO5. The summed E-state index contributed by atoms with van der Waals surface area (Å²) in [4.78, 5) is 26.5. The summed E-state index contributed by atoms with van der Waals surface area (Å²) in [5.74, 6) is 0.898. The van der Waals surface area contributed by atoms with Gasteiger partial charge >= 0.3 is 5.97 Å². The average Bonchev–Trinajstić information content (AvgIpc) is 2.61. The topological polar surface area (TPSA) is 65.1 Å². The van der Waals surface area contributed by atoms with E-state index >= 15 is 0 Å². The molecule has 2 rings (SSSR count). The zero-order valence-corrected chi connectivity index (χ0v) is 14.7. The van der Waals surface area contributed by atoms with Gasteiger partial charge < -0.3 is 19.1 Å². The van der Waals surface area contributed by atoms with Gasteiger partial charge in [-0.2, -0.15) is 0 Å². The van der Waals surface area contributed by atoms with Crippen molar-refractivity contribution in [2.24, 2.45) is 5.92 Å². The number of methoxy groups -OCH3 is 2. The molecule has 1 fully saturated rings. The fourth-order valence-electron chi connectivity index (χ4n) is 2.69. The largest absolute Gasteiger partial charge is 0.497 e. The number of amides is 1. The zero-order chi connectivity index (χ0) is 17.7. The fourth-order valence-corrected chi connectivity index (χ4v) is 2.69. The molecule has 0 unspecified atom stereocenters. The normalized spacial score (nSPS) is 16.4. The van der Waals surface area contributed by atoms with Gasteiger partial charge in [0.25, 0.3) is 5.91 Å². The Balaban J connectivity index is 2.02. The molecule has 6 heteroatoms. The van der Waals surface area contributed by atoms with Gasteiger partial charge in [0.1, 0.15) is 11.5 Å². The summed E-state index contributed by atoms with van der Waals surface area (Å²) < 4.78 is 15.6. The van der Waals surface area contributed by atoms with E-state index in [4.69, 9.17) is 14.2 Å². The molecule has 0 aromatic heterocycles. The van der Waals surface area contributed by atoms with E-state index in [1.54, 1.807) is 30.0 Å². The number of rotatable bonds is 5. The van der Waals surface area contributed by atoms with Crippen LogP contribution in [0, 0.1) is 5.92 Å². The van der Waals surface area contributed by atoms with E-state index in [0.717, 1.165) is 25.9 Å². The monoisotopic (exact) mass is 335 g/mol. The number of likely N-dealkylation sites (tertiary alicyclic amines) is 1. The lowest BCUT2D eigenvalue weighted by Crippen LogP contribution is -2.44. The maximum Gasteiger partial charge on any atom is 0.339 e. The number of hydrogen-bond acceptors (Lipinski definition) is 5. The number of carbonyl (C=O) groups is 2. The van der Waals surface area contributed by atoms with Crippen molar-refractivity contribution in [2.75, 3.05) is 27.3 Å². The Bertz CT molecular complexity index is 571. The minimum absolute atomic E-state index is 0.148. The van der Waals surface area contributed by atoms with Gasteiger partial charge in [-0.3, -0.25) is 4.79 Å². The molecule has 6 nitrogen and oxygen atoms in total. The lowest BCUT2D eigenvalue weighted by atomic mass is 9.99. The van der Waals surface area contributed by atoms with Crippen molar-refractivity contribution in [3.63, 3.8) is 0 Å². The van der Waals surface area contributed by atoms with Crippen molar-refractivity contribution in [1.82, 2.24) is 4.90 Å². The summed E-state index contributed by atoms with van der Waals surface area (Å²) in [5.41, 5.74) is 0.290. The lowest BCUT2D eigenvalue weighted by Gasteiger charge is -2.31. The van der Waals surface area contributed by atoms with Gasteiger partial charge in [0.05, 0.1) is 19.8 Å². The van der Waals surface area contributed by atoms with E-state index in [0.29, 0.717) is 17.4 Å². The number of benzene rings is 1. The van der Waals surface area contributed by atoms with Crippen molar-refractivity contribution in [3.8, 4) is 11.5 Å². The molecule has 1 aliphatic rings. The molecular weight excluding hydrogens is 310 g/mol. The number of hydrogen-bond donors (Lipinski definition) is 0. The first-order valence-corrected chi connectivity index (χ1v) is 8.17. The molecule has 1 atom stereocenters. The minimum atomic E-state index is -0.817. The molecule has 0 spiro atoms. The summed E-state index contributed by atoms with van der Waals surface area (Å²) in [7, 11) is 3.01. The summed E-state index contributed by atoms with van der Waals surface area (Å²) in [6, 6.07) is 4.79. The third kappa shape index (κ3) is 4.40. The summed E-state index contributed by atoms with van der Waals surface area (Å²) >= 11 is 0. The van der Waals surface area contributed by atoms with Crippen LogP contribution in [0.5, 0.6) is 11.5 Å². The predicted octanol–water partition coefficient (Wildman–Crippen LogP) is 2.51.